The van der Waals surface area contributed by atoms with Gasteiger partial charge < -0.3 is 14.8 Å². The van der Waals surface area contributed by atoms with Gasteiger partial charge in [0.25, 0.3) is 0 Å². The van der Waals surface area contributed by atoms with E-state index in [1.54, 1.807) is 14.2 Å². The third-order valence-corrected chi connectivity index (χ3v) is 5.10. The van der Waals surface area contributed by atoms with Gasteiger partial charge in [0.2, 0.25) is 5.91 Å². The molecule has 5 nitrogen and oxygen atoms in total. The Hall–Kier alpha value is -3.08. The summed E-state index contributed by atoms with van der Waals surface area (Å²) in [5, 5.41) is 4.15. The summed E-state index contributed by atoms with van der Waals surface area (Å²) in [5.41, 5.74) is 4.79. The fourth-order valence-corrected chi connectivity index (χ4v) is 3.54. The molecule has 0 spiro atoms. The quantitative estimate of drug-likeness (QED) is 0.695. The molecule has 0 radical (unpaired) electrons. The number of aryl methyl sites for hydroxylation is 2. The number of benzene rings is 2. The summed E-state index contributed by atoms with van der Waals surface area (Å²) in [4.78, 5) is 17.4. The first-order valence-electron chi connectivity index (χ1n) is 9.30. The van der Waals surface area contributed by atoms with E-state index in [1.165, 1.54) is 0 Å². The summed E-state index contributed by atoms with van der Waals surface area (Å²) in [5.74, 6) is 1.39. The predicted octanol–water partition coefficient (Wildman–Crippen LogP) is 4.29. The molecule has 0 aliphatic heterocycles. The molecule has 0 aliphatic carbocycles. The number of carbonyl (C=O) groups is 1. The van der Waals surface area contributed by atoms with Crippen LogP contribution in [0.4, 0.5) is 0 Å². The Balaban J connectivity index is 1.82. The van der Waals surface area contributed by atoms with Crippen molar-refractivity contribution in [2.75, 3.05) is 14.2 Å². The van der Waals surface area contributed by atoms with Gasteiger partial charge in [-0.05, 0) is 56.2 Å². The molecule has 1 atom stereocenters. The molecule has 1 amide bonds. The summed E-state index contributed by atoms with van der Waals surface area (Å²) in [7, 11) is 3.24. The second kappa shape index (κ2) is 8.30. The van der Waals surface area contributed by atoms with Crippen LogP contribution < -0.4 is 14.8 Å². The number of amides is 1. The molecule has 1 aromatic heterocycles. The zero-order chi connectivity index (χ0) is 20.3. The molecule has 146 valence electrons. The largest absolute Gasteiger partial charge is 0.497 e. The number of hydrogen-bond donors (Lipinski definition) is 1. The van der Waals surface area contributed by atoms with Gasteiger partial charge in [0.15, 0.2) is 0 Å². The fourth-order valence-electron chi connectivity index (χ4n) is 3.54. The number of carbonyl (C=O) groups excluding carboxylic acids is 1. The number of nitrogens with zero attached hydrogens (tertiary/aromatic N) is 1. The highest BCUT2D eigenvalue weighted by atomic mass is 16.5. The van der Waals surface area contributed by atoms with Crippen molar-refractivity contribution in [2.24, 2.45) is 0 Å². The van der Waals surface area contributed by atoms with Crippen molar-refractivity contribution in [1.29, 1.82) is 0 Å². The number of pyridine rings is 1. The molecule has 1 heterocycles. The first-order chi connectivity index (χ1) is 13.4. The average Bonchev–Trinajstić information content (AvgIpc) is 2.70. The molecule has 1 unspecified atom stereocenters. The summed E-state index contributed by atoms with van der Waals surface area (Å²) in [6, 6.07) is 13.4. The van der Waals surface area contributed by atoms with Crippen LogP contribution >= 0.6 is 0 Å². The van der Waals surface area contributed by atoms with E-state index in [4.69, 9.17) is 9.47 Å². The van der Waals surface area contributed by atoms with Crippen LogP contribution in [0, 0.1) is 13.8 Å². The Kier molecular flexibility index (Phi) is 5.83. The van der Waals surface area contributed by atoms with Crippen molar-refractivity contribution >= 4 is 16.8 Å². The van der Waals surface area contributed by atoms with Gasteiger partial charge in [-0.2, -0.15) is 0 Å². The lowest BCUT2D eigenvalue weighted by atomic mass is 9.99. The molecule has 3 aromatic rings. The number of rotatable bonds is 6. The molecule has 28 heavy (non-hydrogen) atoms. The molecule has 0 saturated heterocycles. The number of nitrogens with one attached hydrogen (secondary N) is 1. The van der Waals surface area contributed by atoms with Crippen LogP contribution in [-0.4, -0.2) is 25.1 Å². The molecular weight excluding hydrogens is 352 g/mol. The number of fused-ring (bicyclic) bond motifs is 1. The van der Waals surface area contributed by atoms with Gasteiger partial charge in [0, 0.05) is 16.6 Å². The van der Waals surface area contributed by atoms with E-state index in [0.29, 0.717) is 5.75 Å². The van der Waals surface area contributed by atoms with E-state index < -0.39 is 0 Å². The number of aromatic nitrogens is 1. The Morgan fingerprint density at radius 2 is 1.86 bits per heavy atom. The first kappa shape index (κ1) is 19.7. The lowest BCUT2D eigenvalue weighted by Gasteiger charge is -2.19. The van der Waals surface area contributed by atoms with Crippen LogP contribution in [0.5, 0.6) is 11.5 Å². The van der Waals surface area contributed by atoms with E-state index in [9.17, 15) is 4.79 Å². The summed E-state index contributed by atoms with van der Waals surface area (Å²) < 4.78 is 10.7. The minimum Gasteiger partial charge on any atom is -0.497 e. The molecule has 2 aromatic carbocycles. The maximum atomic E-state index is 12.8. The van der Waals surface area contributed by atoms with Crippen LogP contribution in [0.2, 0.25) is 0 Å². The summed E-state index contributed by atoms with van der Waals surface area (Å²) >= 11 is 0. The monoisotopic (exact) mass is 378 g/mol. The second-order valence-electron chi connectivity index (χ2n) is 6.89. The average molecular weight is 378 g/mol. The molecule has 0 aliphatic rings. The van der Waals surface area contributed by atoms with E-state index in [-0.39, 0.29) is 18.4 Å². The predicted molar refractivity (Wildman–Crippen MR) is 111 cm³/mol. The molecule has 5 heteroatoms. The summed E-state index contributed by atoms with van der Waals surface area (Å²) in [6.45, 7) is 5.94. The van der Waals surface area contributed by atoms with Crippen LogP contribution in [0.25, 0.3) is 10.9 Å². The molecule has 1 N–H and O–H groups in total. The maximum absolute atomic E-state index is 12.8. The van der Waals surface area contributed by atoms with Crippen LogP contribution in [0.3, 0.4) is 0 Å². The van der Waals surface area contributed by atoms with Gasteiger partial charge in [-0.1, -0.05) is 18.2 Å². The van der Waals surface area contributed by atoms with Crippen molar-refractivity contribution in [3.63, 3.8) is 0 Å². The van der Waals surface area contributed by atoms with E-state index in [2.05, 4.69) is 10.3 Å². The van der Waals surface area contributed by atoms with Crippen molar-refractivity contribution in [3.8, 4) is 11.5 Å². The smallest absolute Gasteiger partial charge is 0.224 e. The van der Waals surface area contributed by atoms with E-state index in [1.807, 2.05) is 63.2 Å². The Bertz CT molecular complexity index is 1010. The maximum Gasteiger partial charge on any atom is 0.224 e. The molecule has 0 bridgehead atoms. The van der Waals surface area contributed by atoms with Crippen LogP contribution in [0.15, 0.2) is 42.5 Å². The van der Waals surface area contributed by atoms with Gasteiger partial charge in [-0.25, -0.2) is 0 Å². The number of para-hydroxylation sites is 1. The first-order valence-corrected chi connectivity index (χ1v) is 9.30. The van der Waals surface area contributed by atoms with Gasteiger partial charge in [-0.15, -0.1) is 0 Å². The number of hydrogen-bond acceptors (Lipinski definition) is 4. The highest BCUT2D eigenvalue weighted by Crippen LogP contribution is 2.29. The molecule has 3 rings (SSSR count). The van der Waals surface area contributed by atoms with E-state index in [0.717, 1.165) is 39.0 Å². The standard InChI is InChI=1S/C23H26N2O3/c1-14-18-8-6-7-9-21(18)24-15(2)19(14)13-23(26)25-16(3)20-12-17(27-4)10-11-22(20)28-5/h6-12,16H,13H2,1-5H3,(H,25,26). The zero-order valence-corrected chi connectivity index (χ0v) is 17.0. The highest BCUT2D eigenvalue weighted by Gasteiger charge is 2.18. The second-order valence-corrected chi connectivity index (χ2v) is 6.89. The number of ether oxygens (including phenoxy) is 2. The van der Waals surface area contributed by atoms with Gasteiger partial charge in [0.05, 0.1) is 32.2 Å². The van der Waals surface area contributed by atoms with Crippen molar-refractivity contribution in [2.45, 2.75) is 33.2 Å². The molecule has 0 saturated carbocycles. The Labute approximate surface area is 165 Å². The Morgan fingerprint density at radius 1 is 1.11 bits per heavy atom. The van der Waals surface area contributed by atoms with Crippen molar-refractivity contribution < 1.29 is 14.3 Å². The van der Waals surface area contributed by atoms with Crippen molar-refractivity contribution in [1.82, 2.24) is 10.3 Å². The highest BCUT2D eigenvalue weighted by molar-refractivity contribution is 5.86. The zero-order valence-electron chi connectivity index (χ0n) is 17.0. The van der Waals surface area contributed by atoms with Gasteiger partial charge in [-0.3, -0.25) is 9.78 Å². The molecule has 0 fully saturated rings. The van der Waals surface area contributed by atoms with Gasteiger partial charge in [0.1, 0.15) is 11.5 Å². The van der Waals surface area contributed by atoms with E-state index >= 15 is 0 Å². The fraction of sp³-hybridized carbons (Fsp3) is 0.304. The van der Waals surface area contributed by atoms with Crippen LogP contribution in [0.1, 0.15) is 35.3 Å². The minimum atomic E-state index is -0.216. The lowest BCUT2D eigenvalue weighted by Crippen LogP contribution is -2.29. The Morgan fingerprint density at radius 3 is 2.57 bits per heavy atom. The third kappa shape index (κ3) is 3.93. The number of methoxy groups -OCH3 is 2. The topological polar surface area (TPSA) is 60.5 Å². The normalized spacial score (nSPS) is 11.9. The third-order valence-electron chi connectivity index (χ3n) is 5.10. The minimum absolute atomic E-state index is 0.0549. The lowest BCUT2D eigenvalue weighted by molar-refractivity contribution is -0.121. The SMILES string of the molecule is COc1ccc(OC)c(C(C)NC(=O)Cc2c(C)nc3ccccc3c2C)c1. The van der Waals surface area contributed by atoms with Crippen LogP contribution in [-0.2, 0) is 11.2 Å². The van der Waals surface area contributed by atoms with Crippen molar-refractivity contribution in [3.05, 3.63) is 64.8 Å². The summed E-state index contributed by atoms with van der Waals surface area (Å²) in [6.07, 6.45) is 0.284. The molecular formula is C23H26N2O3. The van der Waals surface area contributed by atoms with Gasteiger partial charge >= 0.3 is 0 Å².